The highest BCUT2D eigenvalue weighted by Crippen LogP contribution is 2.09. The molecule has 0 aromatic heterocycles. The van der Waals surface area contributed by atoms with Gasteiger partial charge in [-0.3, -0.25) is 0 Å². The summed E-state index contributed by atoms with van der Waals surface area (Å²) in [7, 11) is 3.46. The van der Waals surface area contributed by atoms with Crippen LogP contribution in [0.4, 0.5) is 0 Å². The molecule has 104 valence electrons. The van der Waals surface area contributed by atoms with E-state index in [1.54, 1.807) is 0 Å². The quantitative estimate of drug-likeness (QED) is 0.554. The van der Waals surface area contributed by atoms with Gasteiger partial charge in [0.05, 0.1) is 0 Å². The number of rotatable bonds is 10. The Balaban J connectivity index is 4.37. The van der Waals surface area contributed by atoms with Gasteiger partial charge in [0.2, 0.25) is 0 Å². The van der Waals surface area contributed by atoms with Crippen molar-refractivity contribution in [1.29, 1.82) is 0 Å². The van der Waals surface area contributed by atoms with E-state index in [1.165, 1.54) is 45.2 Å². The average molecular weight is 260 g/mol. The van der Waals surface area contributed by atoms with Gasteiger partial charge in [0.1, 0.15) is 0 Å². The first kappa shape index (κ1) is 17.1. The molecule has 0 N–H and O–H groups in total. The van der Waals surface area contributed by atoms with Crippen molar-refractivity contribution in [3.63, 3.8) is 0 Å². The van der Waals surface area contributed by atoms with Crippen LogP contribution in [0, 0.1) is 0 Å². The summed E-state index contributed by atoms with van der Waals surface area (Å²) in [5.74, 6) is 0. The molecule has 0 radical (unpaired) electrons. The summed E-state index contributed by atoms with van der Waals surface area (Å²) in [6.07, 6.45) is 1.34. The standard InChI is InChI=1S/C13H33N3Si/c1-7-15(8-2)17(16(9-3)10-4)13-11-12-14(5)6/h17H,7-13H2,1-6H3. The Morgan fingerprint density at radius 2 is 1.18 bits per heavy atom. The average Bonchev–Trinajstić information content (AvgIpc) is 2.31. The Bertz CT molecular complexity index is 156. The van der Waals surface area contributed by atoms with Crippen molar-refractivity contribution in [1.82, 2.24) is 14.0 Å². The van der Waals surface area contributed by atoms with E-state index in [9.17, 15) is 0 Å². The van der Waals surface area contributed by atoms with Crippen LogP contribution in [0.25, 0.3) is 0 Å². The van der Waals surface area contributed by atoms with Gasteiger partial charge in [-0.15, -0.1) is 0 Å². The molecule has 0 aliphatic rings. The second-order valence-corrected chi connectivity index (χ2v) is 7.87. The fourth-order valence-electron chi connectivity index (χ4n) is 2.48. The molecule has 0 saturated carbocycles. The monoisotopic (exact) mass is 259 g/mol. The molecule has 3 nitrogen and oxygen atoms in total. The summed E-state index contributed by atoms with van der Waals surface area (Å²) in [4.78, 5) is 2.30. The molecule has 0 rings (SSSR count). The van der Waals surface area contributed by atoms with E-state index < -0.39 is 9.12 Å². The third-order valence-corrected chi connectivity index (χ3v) is 7.61. The number of hydrogen-bond acceptors (Lipinski definition) is 3. The van der Waals surface area contributed by atoms with Gasteiger partial charge in [0.25, 0.3) is 0 Å². The van der Waals surface area contributed by atoms with Gasteiger partial charge in [-0.25, -0.2) is 0 Å². The van der Waals surface area contributed by atoms with Crippen molar-refractivity contribution in [2.24, 2.45) is 0 Å². The van der Waals surface area contributed by atoms with E-state index in [0.29, 0.717) is 0 Å². The highest BCUT2D eigenvalue weighted by molar-refractivity contribution is 6.52. The van der Waals surface area contributed by atoms with E-state index in [1.807, 2.05) is 0 Å². The Morgan fingerprint density at radius 3 is 1.47 bits per heavy atom. The predicted octanol–water partition coefficient (Wildman–Crippen LogP) is 1.84. The minimum Gasteiger partial charge on any atom is -0.315 e. The van der Waals surface area contributed by atoms with Gasteiger partial charge in [-0.1, -0.05) is 27.7 Å². The Morgan fingerprint density at radius 1 is 0.765 bits per heavy atom. The molecule has 0 unspecified atom stereocenters. The SMILES string of the molecule is CCN(CC)[SiH](CCCN(C)C)N(CC)CC. The van der Waals surface area contributed by atoms with E-state index in [4.69, 9.17) is 0 Å². The topological polar surface area (TPSA) is 9.72 Å². The molecule has 0 aliphatic heterocycles. The van der Waals surface area contributed by atoms with Crippen LogP contribution in [0.2, 0.25) is 6.04 Å². The zero-order valence-electron chi connectivity index (χ0n) is 12.9. The summed E-state index contributed by atoms with van der Waals surface area (Å²) in [5.41, 5.74) is 0. The molecule has 0 spiro atoms. The van der Waals surface area contributed by atoms with Crippen molar-refractivity contribution < 1.29 is 0 Å². The van der Waals surface area contributed by atoms with Gasteiger partial charge in [0.15, 0.2) is 9.12 Å². The largest absolute Gasteiger partial charge is 0.315 e. The fraction of sp³-hybridized carbons (Fsp3) is 1.00. The lowest BCUT2D eigenvalue weighted by atomic mass is 10.5. The second kappa shape index (κ2) is 10.1. The molecule has 0 aliphatic carbocycles. The van der Waals surface area contributed by atoms with Gasteiger partial charge in [-0.2, -0.15) is 0 Å². The lowest BCUT2D eigenvalue weighted by molar-refractivity contribution is 0.364. The molecule has 0 aromatic rings. The van der Waals surface area contributed by atoms with E-state index >= 15 is 0 Å². The van der Waals surface area contributed by atoms with Crippen LogP contribution in [0.1, 0.15) is 34.1 Å². The summed E-state index contributed by atoms with van der Waals surface area (Å²) in [5, 5.41) is 0. The maximum atomic E-state index is 2.72. The smallest absolute Gasteiger partial charge is 0.190 e. The molecular formula is C13H33N3Si. The Hall–Kier alpha value is 0.0969. The maximum absolute atomic E-state index is 2.72. The van der Waals surface area contributed by atoms with Gasteiger partial charge in [0, 0.05) is 0 Å². The lowest BCUT2D eigenvalue weighted by Crippen LogP contribution is -2.52. The highest BCUT2D eigenvalue weighted by Gasteiger charge is 2.23. The Labute approximate surface area is 111 Å². The summed E-state index contributed by atoms with van der Waals surface area (Å²) in [6.45, 7) is 15.3. The van der Waals surface area contributed by atoms with E-state index in [0.717, 1.165) is 0 Å². The second-order valence-electron chi connectivity index (χ2n) is 4.87. The molecule has 0 atom stereocenters. The molecule has 0 saturated heterocycles. The van der Waals surface area contributed by atoms with E-state index in [2.05, 4.69) is 55.8 Å². The molecule has 0 amide bonds. The van der Waals surface area contributed by atoms with E-state index in [-0.39, 0.29) is 0 Å². The third-order valence-electron chi connectivity index (χ3n) is 3.54. The van der Waals surface area contributed by atoms with Gasteiger partial charge >= 0.3 is 0 Å². The molecule has 0 bridgehead atoms. The van der Waals surface area contributed by atoms with Crippen LogP contribution >= 0.6 is 0 Å². The summed E-state index contributed by atoms with van der Waals surface area (Å²) < 4.78 is 5.45. The highest BCUT2D eigenvalue weighted by atomic mass is 28.3. The Kier molecular flexibility index (Phi) is 10.1. The summed E-state index contributed by atoms with van der Waals surface area (Å²) in [6, 6.07) is 1.42. The number of nitrogens with zero attached hydrogens (tertiary/aromatic N) is 3. The first-order valence-corrected chi connectivity index (χ1v) is 9.08. The first-order valence-electron chi connectivity index (χ1n) is 7.23. The van der Waals surface area contributed by atoms with Crippen LogP contribution in [0.15, 0.2) is 0 Å². The molecule has 0 heterocycles. The van der Waals surface area contributed by atoms with Crippen LogP contribution in [0.3, 0.4) is 0 Å². The minimum absolute atomic E-state index is 0.883. The molecule has 4 heteroatoms. The predicted molar refractivity (Wildman–Crippen MR) is 81.0 cm³/mol. The normalized spacial score (nSPS) is 12.4. The van der Waals surface area contributed by atoms with Crippen molar-refractivity contribution in [2.75, 3.05) is 46.8 Å². The van der Waals surface area contributed by atoms with Gasteiger partial charge < -0.3 is 14.0 Å². The molecule has 17 heavy (non-hydrogen) atoms. The van der Waals surface area contributed by atoms with Gasteiger partial charge in [-0.05, 0) is 59.3 Å². The van der Waals surface area contributed by atoms with Crippen LogP contribution in [0.5, 0.6) is 0 Å². The zero-order valence-corrected chi connectivity index (χ0v) is 14.0. The third kappa shape index (κ3) is 6.55. The minimum atomic E-state index is -0.883. The fourth-order valence-corrected chi connectivity index (χ4v) is 5.90. The van der Waals surface area contributed by atoms with Crippen molar-refractivity contribution >= 4 is 9.12 Å². The van der Waals surface area contributed by atoms with Crippen LogP contribution < -0.4 is 0 Å². The lowest BCUT2D eigenvalue weighted by Gasteiger charge is -2.36. The van der Waals surface area contributed by atoms with Crippen molar-refractivity contribution in [3.8, 4) is 0 Å². The summed E-state index contributed by atoms with van der Waals surface area (Å²) >= 11 is 0. The molecule has 0 fully saturated rings. The number of hydrogen-bond donors (Lipinski definition) is 0. The maximum Gasteiger partial charge on any atom is 0.190 e. The zero-order chi connectivity index (χ0) is 13.3. The first-order chi connectivity index (χ1) is 8.10. The van der Waals surface area contributed by atoms with Crippen LogP contribution in [-0.4, -0.2) is 70.0 Å². The molecule has 0 aromatic carbocycles. The molecular weight excluding hydrogens is 226 g/mol. The van der Waals surface area contributed by atoms with Crippen LogP contribution in [-0.2, 0) is 0 Å². The van der Waals surface area contributed by atoms with Crippen molar-refractivity contribution in [2.45, 2.75) is 40.2 Å². The van der Waals surface area contributed by atoms with Crippen molar-refractivity contribution in [3.05, 3.63) is 0 Å².